The first-order valence-electron chi connectivity index (χ1n) is 5.97. The summed E-state index contributed by atoms with van der Waals surface area (Å²) in [4.78, 5) is 13.0. The quantitative estimate of drug-likeness (QED) is 0.742. The molecule has 1 aliphatic carbocycles. The van der Waals surface area contributed by atoms with Crippen molar-refractivity contribution in [1.82, 2.24) is 10.2 Å². The van der Waals surface area contributed by atoms with E-state index in [1.54, 1.807) is 11.9 Å². The number of amides is 1. The van der Waals surface area contributed by atoms with E-state index in [1.165, 1.54) is 18.2 Å². The molecule has 0 radical (unpaired) electrons. The number of piperidine rings is 1. The van der Waals surface area contributed by atoms with Crippen molar-refractivity contribution in [2.75, 3.05) is 13.6 Å². The summed E-state index contributed by atoms with van der Waals surface area (Å²) in [7, 11) is 1.75. The van der Waals surface area contributed by atoms with Gasteiger partial charge in [0.1, 0.15) is 11.6 Å². The van der Waals surface area contributed by atoms with Gasteiger partial charge in [-0.25, -0.2) is 8.78 Å². The fraction of sp³-hybridized carbons (Fsp3) is 0.385. The van der Waals surface area contributed by atoms with Gasteiger partial charge in [-0.2, -0.15) is 0 Å². The smallest absolute Gasteiger partial charge is 0.232 e. The standard InChI is InChI=1S/C7H10N2OS.C6H4F2.H2/c1-8-7(11)9-3-4-2-5(4)6(9)10;7-5-2-1-3-6(8)4-5;/h4-5H,2-3H2,1H3,(H,8,11);1-4H;1H/t4?,5-;;/m1../s1. The molecule has 19 heavy (non-hydrogen) atoms. The number of thiocarbonyl (C=S) groups is 1. The third-order valence-electron chi connectivity index (χ3n) is 3.17. The molecule has 1 aromatic rings. The lowest BCUT2D eigenvalue weighted by Crippen LogP contribution is -2.40. The highest BCUT2D eigenvalue weighted by atomic mass is 32.1. The molecule has 2 atom stereocenters. The number of rotatable bonds is 0. The van der Waals surface area contributed by atoms with Crippen LogP contribution in [0.5, 0.6) is 0 Å². The molecule has 1 saturated carbocycles. The molecular formula is C13H16F2N2OS. The minimum absolute atomic E-state index is 0. The number of halogens is 2. The van der Waals surface area contributed by atoms with Crippen molar-refractivity contribution in [2.45, 2.75) is 6.42 Å². The Bertz CT molecular complexity index is 498. The summed E-state index contributed by atoms with van der Waals surface area (Å²) in [6, 6.07) is 4.55. The second kappa shape index (κ2) is 5.61. The molecule has 1 unspecified atom stereocenters. The Kier molecular flexibility index (Phi) is 4.09. The molecule has 0 aromatic heterocycles. The van der Waals surface area contributed by atoms with Crippen LogP contribution in [-0.2, 0) is 4.79 Å². The number of nitrogens with zero attached hydrogens (tertiary/aromatic N) is 1. The average molecular weight is 286 g/mol. The molecule has 104 valence electrons. The van der Waals surface area contributed by atoms with E-state index in [4.69, 9.17) is 12.2 Å². The molecule has 1 aliphatic heterocycles. The summed E-state index contributed by atoms with van der Waals surface area (Å²) >= 11 is 4.96. The molecular weight excluding hydrogens is 270 g/mol. The number of likely N-dealkylation sites (tertiary alicyclic amines) is 1. The molecule has 2 aliphatic rings. The Labute approximate surface area is 117 Å². The summed E-state index contributed by atoms with van der Waals surface area (Å²) in [5, 5.41) is 3.39. The number of nitrogens with one attached hydrogen (secondary N) is 1. The zero-order chi connectivity index (χ0) is 14.0. The zero-order valence-corrected chi connectivity index (χ0v) is 11.2. The molecule has 1 aromatic carbocycles. The minimum atomic E-state index is -0.537. The Morgan fingerprint density at radius 3 is 2.47 bits per heavy atom. The monoisotopic (exact) mass is 286 g/mol. The predicted octanol–water partition coefficient (Wildman–Crippen LogP) is 2.18. The third-order valence-corrected chi connectivity index (χ3v) is 3.59. The molecule has 6 heteroatoms. The first kappa shape index (κ1) is 13.9. The van der Waals surface area contributed by atoms with Crippen LogP contribution in [-0.4, -0.2) is 29.5 Å². The number of fused-ring (bicyclic) bond motifs is 1. The van der Waals surface area contributed by atoms with Crippen molar-refractivity contribution < 1.29 is 15.0 Å². The van der Waals surface area contributed by atoms with Crippen LogP contribution in [0.15, 0.2) is 24.3 Å². The number of hydrogen-bond donors (Lipinski definition) is 1. The van der Waals surface area contributed by atoms with Crippen molar-refractivity contribution in [2.24, 2.45) is 11.8 Å². The number of benzene rings is 1. The molecule has 0 spiro atoms. The largest absolute Gasteiger partial charge is 0.365 e. The van der Waals surface area contributed by atoms with Crippen molar-refractivity contribution in [3.63, 3.8) is 0 Å². The normalized spacial score (nSPS) is 23.3. The Morgan fingerprint density at radius 1 is 1.47 bits per heavy atom. The SMILES string of the molecule is CNC(=S)N1CC2C[C@H]2C1=O.Fc1cccc(F)c1.[HH]. The van der Waals surface area contributed by atoms with Crippen LogP contribution < -0.4 is 5.32 Å². The van der Waals surface area contributed by atoms with E-state index < -0.39 is 11.6 Å². The van der Waals surface area contributed by atoms with Gasteiger partial charge in [-0.05, 0) is 36.7 Å². The fourth-order valence-corrected chi connectivity index (χ4v) is 2.22. The van der Waals surface area contributed by atoms with Gasteiger partial charge in [0.15, 0.2) is 5.11 Å². The van der Waals surface area contributed by atoms with Gasteiger partial charge in [0, 0.05) is 27.0 Å². The van der Waals surface area contributed by atoms with Crippen LogP contribution in [0.3, 0.4) is 0 Å². The first-order valence-corrected chi connectivity index (χ1v) is 6.38. The maximum atomic E-state index is 11.9. The molecule has 1 amide bonds. The Balaban J connectivity index is 0.000000200. The van der Waals surface area contributed by atoms with Gasteiger partial charge in [-0.15, -0.1) is 0 Å². The van der Waals surface area contributed by atoms with Crippen molar-refractivity contribution >= 4 is 23.2 Å². The molecule has 3 nitrogen and oxygen atoms in total. The van der Waals surface area contributed by atoms with Gasteiger partial charge >= 0.3 is 0 Å². The predicted molar refractivity (Wildman–Crippen MR) is 73.4 cm³/mol. The Morgan fingerprint density at radius 2 is 2.11 bits per heavy atom. The van der Waals surface area contributed by atoms with Crippen LogP contribution in [0.25, 0.3) is 0 Å². The minimum Gasteiger partial charge on any atom is -0.365 e. The molecule has 1 heterocycles. The lowest BCUT2D eigenvalue weighted by atomic mass is 10.3. The van der Waals surface area contributed by atoms with Gasteiger partial charge < -0.3 is 5.32 Å². The van der Waals surface area contributed by atoms with Gasteiger partial charge in [0.25, 0.3) is 0 Å². The summed E-state index contributed by atoms with van der Waals surface area (Å²) in [6.45, 7) is 0.836. The second-order valence-corrected chi connectivity index (χ2v) is 4.93. The van der Waals surface area contributed by atoms with E-state index in [1.807, 2.05) is 0 Å². The van der Waals surface area contributed by atoms with E-state index in [9.17, 15) is 13.6 Å². The van der Waals surface area contributed by atoms with E-state index in [0.717, 1.165) is 19.0 Å². The van der Waals surface area contributed by atoms with Crippen molar-refractivity contribution in [1.29, 1.82) is 0 Å². The van der Waals surface area contributed by atoms with E-state index in [0.29, 0.717) is 16.9 Å². The summed E-state index contributed by atoms with van der Waals surface area (Å²) in [5.41, 5.74) is 0. The van der Waals surface area contributed by atoms with Crippen molar-refractivity contribution in [3.05, 3.63) is 35.9 Å². The highest BCUT2D eigenvalue weighted by Crippen LogP contribution is 2.45. The third kappa shape index (κ3) is 3.26. The lowest BCUT2D eigenvalue weighted by Gasteiger charge is -2.17. The molecule has 1 saturated heterocycles. The zero-order valence-electron chi connectivity index (χ0n) is 10.4. The van der Waals surface area contributed by atoms with Crippen molar-refractivity contribution in [3.8, 4) is 0 Å². The fourth-order valence-electron chi connectivity index (χ4n) is 2.05. The number of carbonyl (C=O) groups is 1. The van der Waals surface area contributed by atoms with Gasteiger partial charge in [-0.1, -0.05) is 6.07 Å². The molecule has 3 rings (SSSR count). The summed E-state index contributed by atoms with van der Waals surface area (Å²) < 4.78 is 23.9. The summed E-state index contributed by atoms with van der Waals surface area (Å²) in [5.74, 6) is 0.0550. The lowest BCUT2D eigenvalue weighted by molar-refractivity contribution is -0.126. The highest BCUT2D eigenvalue weighted by molar-refractivity contribution is 7.80. The molecule has 1 N–H and O–H groups in total. The molecule has 2 fully saturated rings. The van der Waals surface area contributed by atoms with Crippen LogP contribution >= 0.6 is 12.2 Å². The maximum Gasteiger partial charge on any atom is 0.232 e. The Hall–Kier alpha value is -1.56. The van der Waals surface area contributed by atoms with E-state index >= 15 is 0 Å². The first-order chi connectivity index (χ1) is 9.02. The number of carbonyl (C=O) groups excluding carboxylic acids is 1. The van der Waals surface area contributed by atoms with Gasteiger partial charge in [0.05, 0.1) is 0 Å². The van der Waals surface area contributed by atoms with E-state index in [-0.39, 0.29) is 7.33 Å². The summed E-state index contributed by atoms with van der Waals surface area (Å²) in [6.07, 6.45) is 1.08. The van der Waals surface area contributed by atoms with Crippen LogP contribution in [0.1, 0.15) is 7.85 Å². The highest BCUT2D eigenvalue weighted by Gasteiger charge is 2.52. The number of hydrogen-bond acceptors (Lipinski definition) is 2. The molecule has 0 bridgehead atoms. The van der Waals surface area contributed by atoms with Gasteiger partial charge in [-0.3, -0.25) is 9.69 Å². The van der Waals surface area contributed by atoms with E-state index in [2.05, 4.69) is 5.32 Å². The van der Waals surface area contributed by atoms with Crippen LogP contribution in [0, 0.1) is 23.5 Å². The van der Waals surface area contributed by atoms with Crippen LogP contribution in [0.2, 0.25) is 0 Å². The second-order valence-electron chi connectivity index (χ2n) is 4.55. The maximum absolute atomic E-state index is 11.9. The average Bonchev–Trinajstić information content (AvgIpc) is 3.08. The van der Waals surface area contributed by atoms with Gasteiger partial charge in [0.2, 0.25) is 5.91 Å². The van der Waals surface area contributed by atoms with Crippen LogP contribution in [0.4, 0.5) is 8.78 Å². The topological polar surface area (TPSA) is 32.3 Å².